The molecule has 124 valence electrons. The Morgan fingerprint density at radius 1 is 1.05 bits per heavy atom. The summed E-state index contributed by atoms with van der Waals surface area (Å²) < 4.78 is 5.30. The SMILES string of the molecule is CC(C)(C)C(O)CC(O)C(C)(C)COC(=O)c1ccccc1. The second-order valence-corrected chi connectivity index (χ2v) is 7.56. The number of rotatable bonds is 6. The highest BCUT2D eigenvalue weighted by molar-refractivity contribution is 5.89. The predicted molar refractivity (Wildman–Crippen MR) is 86.6 cm³/mol. The molecule has 0 heterocycles. The highest BCUT2D eigenvalue weighted by Gasteiger charge is 2.34. The third kappa shape index (κ3) is 5.43. The second-order valence-electron chi connectivity index (χ2n) is 7.56. The molecule has 0 aliphatic rings. The van der Waals surface area contributed by atoms with Crippen LogP contribution in [0, 0.1) is 10.8 Å². The Morgan fingerprint density at radius 2 is 1.59 bits per heavy atom. The van der Waals surface area contributed by atoms with Crippen molar-refractivity contribution in [1.29, 1.82) is 0 Å². The molecule has 1 rings (SSSR count). The molecule has 0 bridgehead atoms. The Hall–Kier alpha value is -1.39. The number of ether oxygens (including phenoxy) is 1. The van der Waals surface area contributed by atoms with Crippen LogP contribution in [0.1, 0.15) is 51.4 Å². The standard InChI is InChI=1S/C18H28O4/c1-17(2,3)14(19)11-15(20)18(4,5)12-22-16(21)13-9-7-6-8-10-13/h6-10,14-15,19-20H,11-12H2,1-5H3. The molecule has 4 nitrogen and oxygen atoms in total. The molecule has 1 aromatic carbocycles. The van der Waals surface area contributed by atoms with Crippen LogP contribution in [0.5, 0.6) is 0 Å². The number of benzene rings is 1. The lowest BCUT2D eigenvalue weighted by Crippen LogP contribution is -2.40. The first-order valence-corrected chi connectivity index (χ1v) is 7.62. The van der Waals surface area contributed by atoms with Gasteiger partial charge in [-0.1, -0.05) is 52.8 Å². The highest BCUT2D eigenvalue weighted by atomic mass is 16.5. The van der Waals surface area contributed by atoms with Gasteiger partial charge in [0.15, 0.2) is 0 Å². The van der Waals surface area contributed by atoms with E-state index in [2.05, 4.69) is 0 Å². The number of hydrogen-bond acceptors (Lipinski definition) is 4. The van der Waals surface area contributed by atoms with Crippen LogP contribution in [0.25, 0.3) is 0 Å². The Labute approximate surface area is 133 Å². The summed E-state index contributed by atoms with van der Waals surface area (Å²) in [5, 5.41) is 20.4. The van der Waals surface area contributed by atoms with E-state index in [1.165, 1.54) is 0 Å². The third-order valence-corrected chi connectivity index (χ3v) is 3.93. The second kappa shape index (κ2) is 7.25. The Kier molecular flexibility index (Phi) is 6.15. The predicted octanol–water partition coefficient (Wildman–Crippen LogP) is 3.03. The van der Waals surface area contributed by atoms with E-state index in [0.717, 1.165) is 0 Å². The average molecular weight is 308 g/mol. The largest absolute Gasteiger partial charge is 0.461 e. The van der Waals surface area contributed by atoms with Crippen molar-refractivity contribution in [2.75, 3.05) is 6.61 Å². The van der Waals surface area contributed by atoms with Gasteiger partial charge in [-0.3, -0.25) is 0 Å². The zero-order valence-corrected chi connectivity index (χ0v) is 14.2. The molecular formula is C18H28O4. The van der Waals surface area contributed by atoms with Gasteiger partial charge < -0.3 is 14.9 Å². The summed E-state index contributed by atoms with van der Waals surface area (Å²) in [5.74, 6) is -0.405. The molecule has 2 unspecified atom stereocenters. The maximum atomic E-state index is 11.9. The first-order valence-electron chi connectivity index (χ1n) is 7.62. The number of esters is 1. The molecule has 4 heteroatoms. The van der Waals surface area contributed by atoms with Gasteiger partial charge in [0.2, 0.25) is 0 Å². The van der Waals surface area contributed by atoms with Gasteiger partial charge in [-0.25, -0.2) is 4.79 Å². The van der Waals surface area contributed by atoms with E-state index < -0.39 is 23.6 Å². The summed E-state index contributed by atoms with van der Waals surface area (Å²) in [6.07, 6.45) is -1.13. The number of aliphatic hydroxyl groups excluding tert-OH is 2. The van der Waals surface area contributed by atoms with Gasteiger partial charge in [0.25, 0.3) is 0 Å². The van der Waals surface area contributed by atoms with Crippen LogP contribution < -0.4 is 0 Å². The molecule has 0 saturated heterocycles. The van der Waals surface area contributed by atoms with E-state index in [1.54, 1.807) is 24.3 Å². The van der Waals surface area contributed by atoms with Crippen LogP contribution >= 0.6 is 0 Å². The van der Waals surface area contributed by atoms with Crippen LogP contribution in [0.2, 0.25) is 0 Å². The third-order valence-electron chi connectivity index (χ3n) is 3.93. The van der Waals surface area contributed by atoms with Crippen LogP contribution in [0.15, 0.2) is 30.3 Å². The molecule has 0 spiro atoms. The minimum absolute atomic E-state index is 0.0960. The minimum atomic E-state index is -0.759. The summed E-state index contributed by atoms with van der Waals surface area (Å²) in [6.45, 7) is 9.52. The van der Waals surface area contributed by atoms with Gasteiger partial charge in [-0.15, -0.1) is 0 Å². The zero-order valence-electron chi connectivity index (χ0n) is 14.2. The van der Waals surface area contributed by atoms with Gasteiger partial charge >= 0.3 is 5.97 Å². The maximum Gasteiger partial charge on any atom is 0.338 e. The molecule has 1 aromatic rings. The van der Waals surface area contributed by atoms with Crippen molar-refractivity contribution < 1.29 is 19.7 Å². The minimum Gasteiger partial charge on any atom is -0.461 e. The molecular weight excluding hydrogens is 280 g/mol. The molecule has 0 aliphatic heterocycles. The molecule has 2 N–H and O–H groups in total. The first-order chi connectivity index (χ1) is 10.0. The smallest absolute Gasteiger partial charge is 0.338 e. The van der Waals surface area contributed by atoms with E-state index in [1.807, 2.05) is 40.7 Å². The number of carbonyl (C=O) groups excluding carboxylic acids is 1. The van der Waals surface area contributed by atoms with Crippen LogP contribution in [-0.2, 0) is 4.74 Å². The van der Waals surface area contributed by atoms with Crippen molar-refractivity contribution in [1.82, 2.24) is 0 Å². The van der Waals surface area contributed by atoms with E-state index in [9.17, 15) is 15.0 Å². The lowest BCUT2D eigenvalue weighted by molar-refractivity contribution is -0.0524. The quantitative estimate of drug-likeness (QED) is 0.793. The van der Waals surface area contributed by atoms with E-state index in [-0.39, 0.29) is 18.4 Å². The Morgan fingerprint density at radius 3 is 2.09 bits per heavy atom. The van der Waals surface area contributed by atoms with Crippen molar-refractivity contribution >= 4 is 5.97 Å². The van der Waals surface area contributed by atoms with Crippen LogP contribution in [0.3, 0.4) is 0 Å². The van der Waals surface area contributed by atoms with Crippen molar-refractivity contribution in [3.63, 3.8) is 0 Å². The molecule has 0 aromatic heterocycles. The summed E-state index contributed by atoms with van der Waals surface area (Å²) in [6, 6.07) is 8.76. The van der Waals surface area contributed by atoms with Gasteiger partial charge in [-0.05, 0) is 17.5 Å². The van der Waals surface area contributed by atoms with Gasteiger partial charge in [0.1, 0.15) is 0 Å². The van der Waals surface area contributed by atoms with Gasteiger partial charge in [-0.2, -0.15) is 0 Å². The molecule has 0 saturated carbocycles. The molecule has 0 amide bonds. The molecule has 0 radical (unpaired) electrons. The summed E-state index contributed by atoms with van der Waals surface area (Å²) in [4.78, 5) is 11.9. The first kappa shape index (κ1) is 18.7. The van der Waals surface area contributed by atoms with E-state index in [0.29, 0.717) is 5.56 Å². The normalized spacial score (nSPS) is 15.2. The Balaban J connectivity index is 2.57. The molecule has 0 aliphatic carbocycles. The maximum absolute atomic E-state index is 11.9. The van der Waals surface area contributed by atoms with Crippen molar-refractivity contribution in [3.8, 4) is 0 Å². The fraction of sp³-hybridized carbons (Fsp3) is 0.611. The molecule has 0 fully saturated rings. The summed E-state index contributed by atoms with van der Waals surface area (Å²) >= 11 is 0. The highest BCUT2D eigenvalue weighted by Crippen LogP contribution is 2.30. The van der Waals surface area contributed by atoms with Crippen molar-refractivity contribution in [3.05, 3.63) is 35.9 Å². The summed E-state index contributed by atoms with van der Waals surface area (Å²) in [5.41, 5.74) is -0.434. The van der Waals surface area contributed by atoms with Crippen molar-refractivity contribution in [2.24, 2.45) is 10.8 Å². The average Bonchev–Trinajstić information content (AvgIpc) is 2.44. The van der Waals surface area contributed by atoms with Crippen LogP contribution in [0.4, 0.5) is 0 Å². The summed E-state index contributed by atoms with van der Waals surface area (Å²) in [7, 11) is 0. The number of aliphatic hydroxyl groups is 2. The zero-order chi connectivity index (χ0) is 17.0. The van der Waals surface area contributed by atoms with E-state index in [4.69, 9.17) is 4.74 Å². The number of hydrogen-bond donors (Lipinski definition) is 2. The monoisotopic (exact) mass is 308 g/mol. The number of carbonyl (C=O) groups is 1. The lowest BCUT2D eigenvalue weighted by atomic mass is 9.79. The fourth-order valence-corrected chi connectivity index (χ4v) is 1.89. The topological polar surface area (TPSA) is 66.8 Å². The fourth-order valence-electron chi connectivity index (χ4n) is 1.89. The van der Waals surface area contributed by atoms with Crippen molar-refractivity contribution in [2.45, 2.75) is 53.2 Å². The lowest BCUT2D eigenvalue weighted by Gasteiger charge is -2.34. The molecule has 22 heavy (non-hydrogen) atoms. The molecule has 2 atom stereocenters. The van der Waals surface area contributed by atoms with Gasteiger partial charge in [0.05, 0.1) is 24.4 Å². The van der Waals surface area contributed by atoms with Gasteiger partial charge in [0, 0.05) is 11.8 Å². The van der Waals surface area contributed by atoms with E-state index >= 15 is 0 Å². The van der Waals surface area contributed by atoms with Crippen LogP contribution in [-0.4, -0.2) is 35.0 Å². The Bertz CT molecular complexity index is 474.